The Kier molecular flexibility index (Phi) is 4.69. The van der Waals surface area contributed by atoms with E-state index in [0.29, 0.717) is 27.9 Å². The van der Waals surface area contributed by atoms with Gasteiger partial charge in [0.2, 0.25) is 0 Å². The van der Waals surface area contributed by atoms with Gasteiger partial charge in [0, 0.05) is 34.5 Å². The van der Waals surface area contributed by atoms with E-state index in [2.05, 4.69) is 10.4 Å². The van der Waals surface area contributed by atoms with Crippen LogP contribution in [0.4, 0.5) is 0 Å². The van der Waals surface area contributed by atoms with Crippen molar-refractivity contribution < 1.29 is 9.21 Å². The first-order chi connectivity index (χ1) is 11.1. The molecule has 118 valence electrons. The molecule has 1 atom stereocenters. The number of nitrogens with one attached hydrogen (secondary N) is 1. The third kappa shape index (κ3) is 3.75. The number of benzene rings is 1. The fourth-order valence-electron chi connectivity index (χ4n) is 2.25. The summed E-state index contributed by atoms with van der Waals surface area (Å²) in [5.74, 6) is 0.441. The van der Waals surface area contributed by atoms with Crippen LogP contribution in [0.2, 0.25) is 10.0 Å². The number of furan rings is 1. The van der Waals surface area contributed by atoms with Gasteiger partial charge in [-0.25, -0.2) is 0 Å². The molecule has 0 aliphatic rings. The molecule has 0 saturated heterocycles. The van der Waals surface area contributed by atoms with E-state index in [9.17, 15) is 4.79 Å². The predicted molar refractivity (Wildman–Crippen MR) is 87.9 cm³/mol. The predicted octanol–water partition coefficient (Wildman–Crippen LogP) is 3.80. The Bertz CT molecular complexity index is 731. The second-order valence-corrected chi connectivity index (χ2v) is 5.76. The molecule has 0 radical (unpaired) electrons. The van der Waals surface area contributed by atoms with Gasteiger partial charge in [0.1, 0.15) is 11.8 Å². The summed E-state index contributed by atoms with van der Waals surface area (Å²) in [7, 11) is 0. The minimum atomic E-state index is -0.266. The fraction of sp³-hybridized carbons (Fsp3) is 0.125. The van der Waals surface area contributed by atoms with Crippen LogP contribution in [0.25, 0.3) is 0 Å². The van der Waals surface area contributed by atoms with E-state index in [4.69, 9.17) is 27.6 Å². The summed E-state index contributed by atoms with van der Waals surface area (Å²) < 4.78 is 7.17. The SMILES string of the molecule is O=C(NCC(c1ccco1)n1cccn1)c1cc(Cl)cc(Cl)c1. The number of aromatic nitrogens is 2. The van der Waals surface area contributed by atoms with Crippen LogP contribution in [-0.4, -0.2) is 22.2 Å². The molecule has 2 heterocycles. The number of rotatable bonds is 5. The average Bonchev–Trinajstić information content (AvgIpc) is 3.20. The molecule has 0 fully saturated rings. The number of hydrogen-bond donors (Lipinski definition) is 1. The van der Waals surface area contributed by atoms with Crippen LogP contribution < -0.4 is 5.32 Å². The zero-order valence-electron chi connectivity index (χ0n) is 11.9. The molecule has 5 nitrogen and oxygen atoms in total. The first-order valence-corrected chi connectivity index (χ1v) is 7.66. The number of nitrogens with zero attached hydrogens (tertiary/aromatic N) is 2. The summed E-state index contributed by atoms with van der Waals surface area (Å²) in [5.41, 5.74) is 0.404. The molecule has 0 bridgehead atoms. The number of carbonyl (C=O) groups is 1. The van der Waals surface area contributed by atoms with Crippen LogP contribution in [-0.2, 0) is 0 Å². The molecular weight excluding hydrogens is 337 g/mol. The summed E-state index contributed by atoms with van der Waals surface area (Å²) in [6.45, 7) is 0.318. The Hall–Kier alpha value is -2.24. The van der Waals surface area contributed by atoms with Crippen molar-refractivity contribution in [2.45, 2.75) is 6.04 Å². The lowest BCUT2D eigenvalue weighted by molar-refractivity contribution is 0.0948. The van der Waals surface area contributed by atoms with Gasteiger partial charge in [-0.15, -0.1) is 0 Å². The molecule has 1 unspecified atom stereocenters. The molecule has 0 spiro atoms. The minimum Gasteiger partial charge on any atom is -0.467 e. The summed E-state index contributed by atoms with van der Waals surface area (Å²) in [4.78, 5) is 12.3. The Labute approximate surface area is 142 Å². The average molecular weight is 350 g/mol. The second kappa shape index (κ2) is 6.89. The lowest BCUT2D eigenvalue weighted by Crippen LogP contribution is -2.31. The Morgan fingerprint density at radius 1 is 1.26 bits per heavy atom. The number of halogens is 2. The second-order valence-electron chi connectivity index (χ2n) is 4.89. The highest BCUT2D eigenvalue weighted by atomic mass is 35.5. The highest BCUT2D eigenvalue weighted by Crippen LogP contribution is 2.20. The van der Waals surface area contributed by atoms with E-state index < -0.39 is 0 Å². The van der Waals surface area contributed by atoms with Gasteiger partial charge < -0.3 is 9.73 Å². The van der Waals surface area contributed by atoms with Crippen LogP contribution in [0.15, 0.2) is 59.5 Å². The maximum atomic E-state index is 12.3. The molecular formula is C16H13Cl2N3O2. The van der Waals surface area contributed by atoms with Crippen LogP contribution in [0.3, 0.4) is 0 Å². The summed E-state index contributed by atoms with van der Waals surface area (Å²) >= 11 is 11.9. The molecule has 3 rings (SSSR count). The summed E-state index contributed by atoms with van der Waals surface area (Å²) in [5, 5.41) is 7.90. The molecule has 3 aromatic rings. The molecule has 1 aromatic carbocycles. The zero-order chi connectivity index (χ0) is 16.2. The molecule has 0 aliphatic heterocycles. The van der Waals surface area contributed by atoms with Crippen molar-refractivity contribution in [1.29, 1.82) is 0 Å². The van der Waals surface area contributed by atoms with Crippen LogP contribution in [0.1, 0.15) is 22.2 Å². The van der Waals surface area contributed by atoms with Crippen molar-refractivity contribution in [2.75, 3.05) is 6.54 Å². The zero-order valence-corrected chi connectivity index (χ0v) is 13.5. The lowest BCUT2D eigenvalue weighted by Gasteiger charge is -2.16. The van der Waals surface area contributed by atoms with Gasteiger partial charge in [0.25, 0.3) is 5.91 Å². The van der Waals surface area contributed by atoms with Gasteiger partial charge in [-0.2, -0.15) is 5.10 Å². The normalized spacial score (nSPS) is 12.1. The molecule has 1 N–H and O–H groups in total. The Balaban J connectivity index is 1.75. The van der Waals surface area contributed by atoms with Crippen LogP contribution in [0, 0.1) is 0 Å². The molecule has 2 aromatic heterocycles. The first-order valence-electron chi connectivity index (χ1n) is 6.90. The van der Waals surface area contributed by atoms with Crippen molar-refractivity contribution in [2.24, 2.45) is 0 Å². The maximum absolute atomic E-state index is 12.3. The van der Waals surface area contributed by atoms with E-state index in [1.807, 2.05) is 18.3 Å². The van der Waals surface area contributed by atoms with E-state index in [0.717, 1.165) is 0 Å². The molecule has 1 amide bonds. The van der Waals surface area contributed by atoms with Crippen molar-refractivity contribution >= 4 is 29.1 Å². The van der Waals surface area contributed by atoms with Gasteiger partial charge >= 0.3 is 0 Å². The van der Waals surface area contributed by atoms with Crippen molar-refractivity contribution in [3.8, 4) is 0 Å². The first kappa shape index (κ1) is 15.6. The summed E-state index contributed by atoms with van der Waals surface area (Å²) in [6, 6.07) is 9.93. The minimum absolute atomic E-state index is 0.237. The third-order valence-electron chi connectivity index (χ3n) is 3.30. The smallest absolute Gasteiger partial charge is 0.251 e. The third-order valence-corrected chi connectivity index (χ3v) is 3.73. The summed E-state index contributed by atoms with van der Waals surface area (Å²) in [6.07, 6.45) is 5.08. The molecule has 0 aliphatic carbocycles. The molecule has 7 heteroatoms. The fourth-order valence-corrected chi connectivity index (χ4v) is 2.77. The Morgan fingerprint density at radius 2 is 2.04 bits per heavy atom. The van der Waals surface area contributed by atoms with Gasteiger partial charge in [-0.05, 0) is 36.4 Å². The Morgan fingerprint density at radius 3 is 2.65 bits per heavy atom. The van der Waals surface area contributed by atoms with E-state index in [-0.39, 0.29) is 11.9 Å². The van der Waals surface area contributed by atoms with Gasteiger partial charge in [-0.3, -0.25) is 9.48 Å². The van der Waals surface area contributed by atoms with Crippen molar-refractivity contribution in [3.63, 3.8) is 0 Å². The quantitative estimate of drug-likeness (QED) is 0.761. The van der Waals surface area contributed by atoms with Gasteiger partial charge in [-0.1, -0.05) is 23.2 Å². The van der Waals surface area contributed by atoms with E-state index in [1.54, 1.807) is 41.4 Å². The van der Waals surface area contributed by atoms with Crippen molar-refractivity contribution in [3.05, 3.63) is 76.4 Å². The standard InChI is InChI=1S/C16H13Cl2N3O2/c17-12-7-11(8-13(18)9-12)16(22)19-10-14(15-3-1-6-23-15)21-5-2-4-20-21/h1-9,14H,10H2,(H,19,22). The van der Waals surface area contributed by atoms with Crippen molar-refractivity contribution in [1.82, 2.24) is 15.1 Å². The van der Waals surface area contributed by atoms with Crippen LogP contribution >= 0.6 is 23.2 Å². The highest BCUT2D eigenvalue weighted by Gasteiger charge is 2.18. The topological polar surface area (TPSA) is 60.1 Å². The molecule has 23 heavy (non-hydrogen) atoms. The number of carbonyl (C=O) groups excluding carboxylic acids is 1. The van der Waals surface area contributed by atoms with Gasteiger partial charge in [0.05, 0.1) is 6.26 Å². The monoisotopic (exact) mass is 349 g/mol. The van der Waals surface area contributed by atoms with E-state index in [1.165, 1.54) is 0 Å². The number of amides is 1. The van der Waals surface area contributed by atoms with Gasteiger partial charge in [0.15, 0.2) is 0 Å². The lowest BCUT2D eigenvalue weighted by atomic mass is 10.2. The van der Waals surface area contributed by atoms with E-state index >= 15 is 0 Å². The number of hydrogen-bond acceptors (Lipinski definition) is 3. The largest absolute Gasteiger partial charge is 0.467 e. The maximum Gasteiger partial charge on any atom is 0.251 e. The molecule has 0 saturated carbocycles. The van der Waals surface area contributed by atoms with Crippen LogP contribution in [0.5, 0.6) is 0 Å². The highest BCUT2D eigenvalue weighted by molar-refractivity contribution is 6.35.